The second kappa shape index (κ2) is 6.51. The molecule has 0 saturated carbocycles. The average molecular weight is 206 g/mol. The first kappa shape index (κ1) is 13.1. The zero-order valence-corrected chi connectivity index (χ0v) is 8.39. The summed E-state index contributed by atoms with van der Waals surface area (Å²) in [6.07, 6.45) is 3.89. The van der Waals surface area contributed by atoms with Gasteiger partial charge in [-0.25, -0.2) is 4.79 Å². The van der Waals surface area contributed by atoms with Crippen LogP contribution in [-0.4, -0.2) is 18.5 Å². The quantitative estimate of drug-likeness (QED) is 0.363. The van der Waals surface area contributed by atoms with Crippen molar-refractivity contribution >= 4 is 5.97 Å². The van der Waals surface area contributed by atoms with Gasteiger partial charge in [-0.1, -0.05) is 32.8 Å². The summed E-state index contributed by atoms with van der Waals surface area (Å²) in [6.45, 7) is 4.96. The highest BCUT2D eigenvalue weighted by molar-refractivity contribution is 5.79. The molecule has 0 aliphatic heterocycles. The minimum atomic E-state index is -3.55. The lowest BCUT2D eigenvalue weighted by atomic mass is 10.2. The van der Waals surface area contributed by atoms with Crippen LogP contribution in [0.4, 0.5) is 8.78 Å². The number of rotatable bonds is 7. The molecule has 4 heteroatoms. The summed E-state index contributed by atoms with van der Waals surface area (Å²) in [6, 6.07) is 0. The van der Waals surface area contributed by atoms with Crippen LogP contribution >= 0.6 is 0 Å². The summed E-state index contributed by atoms with van der Waals surface area (Å²) in [7, 11) is 0. The monoisotopic (exact) mass is 206 g/mol. The molecule has 0 aliphatic rings. The van der Waals surface area contributed by atoms with Gasteiger partial charge in [0.2, 0.25) is 0 Å². The van der Waals surface area contributed by atoms with E-state index in [1.54, 1.807) is 0 Å². The number of unbranched alkanes of at least 4 members (excludes halogenated alkanes) is 3. The molecule has 0 rings (SSSR count). The molecule has 0 aromatic heterocycles. The van der Waals surface area contributed by atoms with Gasteiger partial charge in [-0.15, -0.1) is 0 Å². The van der Waals surface area contributed by atoms with Crippen LogP contribution < -0.4 is 0 Å². The van der Waals surface area contributed by atoms with Gasteiger partial charge in [0, 0.05) is 0 Å². The van der Waals surface area contributed by atoms with Crippen molar-refractivity contribution in [2.45, 2.75) is 38.5 Å². The van der Waals surface area contributed by atoms with E-state index in [-0.39, 0.29) is 6.61 Å². The molecule has 0 spiro atoms. The zero-order chi connectivity index (χ0) is 11.0. The van der Waals surface area contributed by atoms with Crippen LogP contribution in [0, 0.1) is 0 Å². The topological polar surface area (TPSA) is 26.3 Å². The van der Waals surface area contributed by atoms with Gasteiger partial charge in [0.25, 0.3) is 0 Å². The maximum atomic E-state index is 12.5. The molecule has 0 aliphatic carbocycles. The van der Waals surface area contributed by atoms with Crippen molar-refractivity contribution in [3.8, 4) is 0 Å². The molecule has 0 amide bonds. The van der Waals surface area contributed by atoms with E-state index in [1.165, 1.54) is 0 Å². The van der Waals surface area contributed by atoms with E-state index >= 15 is 0 Å². The molecule has 0 unspecified atom stereocenters. The highest BCUT2D eigenvalue weighted by atomic mass is 19.3. The SMILES string of the molecule is C=CC(F)(F)C(=O)OCCCCCC. The Hall–Kier alpha value is -0.930. The van der Waals surface area contributed by atoms with E-state index in [0.29, 0.717) is 12.5 Å². The molecule has 14 heavy (non-hydrogen) atoms. The maximum absolute atomic E-state index is 12.5. The van der Waals surface area contributed by atoms with E-state index < -0.39 is 11.9 Å². The molecule has 2 nitrogen and oxygen atoms in total. The molecular weight excluding hydrogens is 190 g/mol. The third-order valence-corrected chi connectivity index (χ3v) is 1.76. The van der Waals surface area contributed by atoms with Crippen LogP contribution in [0.3, 0.4) is 0 Å². The van der Waals surface area contributed by atoms with Gasteiger partial charge in [0.05, 0.1) is 6.61 Å². The second-order valence-corrected chi connectivity index (χ2v) is 3.02. The fraction of sp³-hybridized carbons (Fsp3) is 0.700. The highest BCUT2D eigenvalue weighted by Crippen LogP contribution is 2.16. The molecule has 0 N–H and O–H groups in total. The highest BCUT2D eigenvalue weighted by Gasteiger charge is 2.36. The summed E-state index contributed by atoms with van der Waals surface area (Å²) in [4.78, 5) is 10.7. The third kappa shape index (κ3) is 4.94. The van der Waals surface area contributed by atoms with Gasteiger partial charge in [-0.05, 0) is 12.5 Å². The van der Waals surface area contributed by atoms with Crippen LogP contribution in [0.1, 0.15) is 32.6 Å². The largest absolute Gasteiger partial charge is 0.461 e. The lowest BCUT2D eigenvalue weighted by Crippen LogP contribution is -2.28. The number of hydrogen-bond donors (Lipinski definition) is 0. The first-order chi connectivity index (χ1) is 6.54. The van der Waals surface area contributed by atoms with Gasteiger partial charge in [0.1, 0.15) is 0 Å². The maximum Gasteiger partial charge on any atom is 0.381 e. The van der Waals surface area contributed by atoms with Crippen molar-refractivity contribution in [1.29, 1.82) is 0 Å². The Morgan fingerprint density at radius 1 is 1.43 bits per heavy atom. The molecule has 0 aromatic rings. The Morgan fingerprint density at radius 3 is 2.57 bits per heavy atom. The van der Waals surface area contributed by atoms with Crippen molar-refractivity contribution in [3.63, 3.8) is 0 Å². The van der Waals surface area contributed by atoms with Crippen molar-refractivity contribution < 1.29 is 18.3 Å². The number of carbonyl (C=O) groups excluding carboxylic acids is 1. The lowest BCUT2D eigenvalue weighted by molar-refractivity contribution is -0.165. The smallest absolute Gasteiger partial charge is 0.381 e. The third-order valence-electron chi connectivity index (χ3n) is 1.76. The van der Waals surface area contributed by atoms with Crippen molar-refractivity contribution in [3.05, 3.63) is 12.7 Å². The number of esters is 1. The van der Waals surface area contributed by atoms with Gasteiger partial charge < -0.3 is 4.74 Å². The van der Waals surface area contributed by atoms with Crippen LogP contribution in [0.25, 0.3) is 0 Å². The first-order valence-corrected chi connectivity index (χ1v) is 4.73. The molecule has 0 radical (unpaired) electrons. The van der Waals surface area contributed by atoms with Gasteiger partial charge >= 0.3 is 11.9 Å². The van der Waals surface area contributed by atoms with E-state index in [4.69, 9.17) is 0 Å². The van der Waals surface area contributed by atoms with Gasteiger partial charge in [-0.2, -0.15) is 8.78 Å². The molecule has 0 fully saturated rings. The normalized spacial score (nSPS) is 11.1. The van der Waals surface area contributed by atoms with Crippen LogP contribution in [0.5, 0.6) is 0 Å². The standard InChI is InChI=1S/C10H16F2O2/c1-3-5-6-7-8-14-9(13)10(11,12)4-2/h4H,2-3,5-8H2,1H3. The molecule has 0 bridgehead atoms. The molecule has 0 aromatic carbocycles. The van der Waals surface area contributed by atoms with Crippen LogP contribution in [-0.2, 0) is 9.53 Å². The van der Waals surface area contributed by atoms with E-state index in [2.05, 4.69) is 11.3 Å². The fourth-order valence-corrected chi connectivity index (χ4v) is 0.873. The van der Waals surface area contributed by atoms with Crippen molar-refractivity contribution in [2.75, 3.05) is 6.61 Å². The van der Waals surface area contributed by atoms with E-state index in [1.807, 2.05) is 6.92 Å². The second-order valence-electron chi connectivity index (χ2n) is 3.02. The van der Waals surface area contributed by atoms with Crippen molar-refractivity contribution in [2.24, 2.45) is 0 Å². The first-order valence-electron chi connectivity index (χ1n) is 4.73. The molecular formula is C10H16F2O2. The summed E-state index contributed by atoms with van der Waals surface area (Å²) in [5, 5.41) is 0. The summed E-state index contributed by atoms with van der Waals surface area (Å²) in [5.41, 5.74) is 0. The zero-order valence-electron chi connectivity index (χ0n) is 8.39. The minimum absolute atomic E-state index is 0.0578. The minimum Gasteiger partial charge on any atom is -0.461 e. The Balaban J connectivity index is 3.59. The predicted molar refractivity (Wildman–Crippen MR) is 50.2 cm³/mol. The summed E-state index contributed by atoms with van der Waals surface area (Å²) in [5.74, 6) is -5.06. The van der Waals surface area contributed by atoms with Crippen LogP contribution in [0.15, 0.2) is 12.7 Å². The summed E-state index contributed by atoms with van der Waals surface area (Å²) >= 11 is 0. The van der Waals surface area contributed by atoms with Gasteiger partial charge in [-0.3, -0.25) is 0 Å². The summed E-state index contributed by atoms with van der Waals surface area (Å²) < 4.78 is 29.4. The fourth-order valence-electron chi connectivity index (χ4n) is 0.873. The number of ether oxygens (including phenoxy) is 1. The molecule has 0 atom stereocenters. The van der Waals surface area contributed by atoms with Crippen LogP contribution in [0.2, 0.25) is 0 Å². The lowest BCUT2D eigenvalue weighted by Gasteiger charge is -2.10. The molecule has 0 heterocycles. The Bertz CT molecular complexity index is 191. The Labute approximate surface area is 82.9 Å². The number of hydrogen-bond acceptors (Lipinski definition) is 2. The van der Waals surface area contributed by atoms with E-state index in [0.717, 1.165) is 19.3 Å². The number of halogens is 2. The Kier molecular flexibility index (Phi) is 6.08. The molecule has 0 saturated heterocycles. The Morgan fingerprint density at radius 2 is 2.07 bits per heavy atom. The van der Waals surface area contributed by atoms with E-state index in [9.17, 15) is 13.6 Å². The average Bonchev–Trinajstić information content (AvgIpc) is 2.17. The number of alkyl halides is 2. The predicted octanol–water partition coefficient (Wildman–Crippen LogP) is 2.93. The number of carbonyl (C=O) groups is 1. The molecule has 82 valence electrons. The van der Waals surface area contributed by atoms with Gasteiger partial charge in [0.15, 0.2) is 0 Å². The van der Waals surface area contributed by atoms with Crippen molar-refractivity contribution in [1.82, 2.24) is 0 Å².